The molecule has 1 N–H and O–H groups in total. The minimum Gasteiger partial charge on any atom is -0.372 e. The van der Waals surface area contributed by atoms with Crippen molar-refractivity contribution in [2.45, 2.75) is 19.8 Å². The Morgan fingerprint density at radius 2 is 2.44 bits per heavy atom. The number of likely N-dealkylation sites (tertiary alicyclic amines) is 1. The van der Waals surface area contributed by atoms with Gasteiger partial charge in [-0.05, 0) is 18.4 Å². The van der Waals surface area contributed by atoms with Crippen LogP contribution in [0.3, 0.4) is 0 Å². The van der Waals surface area contributed by atoms with E-state index < -0.39 is 0 Å². The molecule has 4 nitrogen and oxygen atoms in total. The molecule has 5 heteroatoms. The predicted molar refractivity (Wildman–Crippen MR) is 73.1 cm³/mol. The molecule has 1 fully saturated rings. The van der Waals surface area contributed by atoms with Crippen LogP contribution >= 0.6 is 11.6 Å². The van der Waals surface area contributed by atoms with Gasteiger partial charge in [0.15, 0.2) is 0 Å². The molecule has 2 rings (SSSR count). The molecular weight excluding hydrogens is 250 g/mol. The summed E-state index contributed by atoms with van der Waals surface area (Å²) in [5, 5.41) is 3.36. The average Bonchev–Trinajstić information content (AvgIpc) is 2.86. The maximum atomic E-state index is 12.3. The fourth-order valence-electron chi connectivity index (χ4n) is 2.27. The molecule has 0 aliphatic carbocycles. The summed E-state index contributed by atoms with van der Waals surface area (Å²) in [5.41, 5.74) is 0.566. The van der Waals surface area contributed by atoms with E-state index >= 15 is 0 Å². The second kappa shape index (κ2) is 5.57. The van der Waals surface area contributed by atoms with Crippen LogP contribution < -0.4 is 5.32 Å². The van der Waals surface area contributed by atoms with Crippen LogP contribution in [0, 0.1) is 5.92 Å². The highest BCUT2D eigenvalue weighted by molar-refractivity contribution is 6.33. The number of carbonyl (C=O) groups is 1. The smallest absolute Gasteiger partial charge is 0.255 e. The number of rotatable bonds is 3. The molecular formula is C13H18ClN3O. The van der Waals surface area contributed by atoms with Gasteiger partial charge in [-0.2, -0.15) is 0 Å². The highest BCUT2D eigenvalue weighted by atomic mass is 35.5. The Kier molecular flexibility index (Phi) is 4.07. The number of hydrogen-bond donors (Lipinski definition) is 1. The second-order valence-electron chi connectivity index (χ2n) is 4.62. The lowest BCUT2D eigenvalue weighted by Gasteiger charge is -2.16. The lowest BCUT2D eigenvalue weighted by Crippen LogP contribution is -2.28. The Morgan fingerprint density at radius 3 is 3.00 bits per heavy atom. The highest BCUT2D eigenvalue weighted by Crippen LogP contribution is 2.24. The molecule has 1 amide bonds. The molecule has 0 aromatic carbocycles. The third-order valence-corrected chi connectivity index (χ3v) is 3.76. The van der Waals surface area contributed by atoms with E-state index in [1.54, 1.807) is 19.3 Å². The average molecular weight is 268 g/mol. The fraction of sp³-hybridized carbons (Fsp3) is 0.538. The number of carbonyl (C=O) groups excluding carboxylic acids is 1. The molecule has 1 unspecified atom stereocenters. The zero-order chi connectivity index (χ0) is 13.1. The molecule has 0 bridgehead atoms. The van der Waals surface area contributed by atoms with Crippen molar-refractivity contribution in [2.24, 2.45) is 5.92 Å². The van der Waals surface area contributed by atoms with Gasteiger partial charge in [-0.3, -0.25) is 4.79 Å². The number of halogens is 1. The molecule has 1 aliphatic rings. The van der Waals surface area contributed by atoms with Crippen LogP contribution in [0.25, 0.3) is 0 Å². The Balaban J connectivity index is 2.12. The molecule has 0 saturated carbocycles. The summed E-state index contributed by atoms with van der Waals surface area (Å²) < 4.78 is 0. The van der Waals surface area contributed by atoms with Crippen molar-refractivity contribution in [1.82, 2.24) is 9.88 Å². The van der Waals surface area contributed by atoms with Gasteiger partial charge in [0, 0.05) is 26.3 Å². The summed E-state index contributed by atoms with van der Waals surface area (Å²) in [4.78, 5) is 18.3. The minimum absolute atomic E-state index is 0.0306. The zero-order valence-electron chi connectivity index (χ0n) is 10.7. The first-order valence-electron chi connectivity index (χ1n) is 6.28. The monoisotopic (exact) mass is 267 g/mol. The van der Waals surface area contributed by atoms with Crippen LogP contribution in [-0.2, 0) is 0 Å². The summed E-state index contributed by atoms with van der Waals surface area (Å²) in [5.74, 6) is 1.26. The van der Waals surface area contributed by atoms with E-state index in [-0.39, 0.29) is 5.91 Å². The minimum atomic E-state index is 0.0306. The van der Waals surface area contributed by atoms with E-state index in [1.807, 2.05) is 4.90 Å². The summed E-state index contributed by atoms with van der Waals surface area (Å²) in [6.45, 7) is 3.85. The predicted octanol–water partition coefficient (Wildman–Crippen LogP) is 2.65. The summed E-state index contributed by atoms with van der Waals surface area (Å²) in [7, 11) is 1.75. The normalized spacial score (nSPS) is 19.1. The van der Waals surface area contributed by atoms with Crippen LogP contribution in [0.5, 0.6) is 0 Å². The van der Waals surface area contributed by atoms with E-state index in [1.165, 1.54) is 0 Å². The first-order valence-corrected chi connectivity index (χ1v) is 6.66. The molecule has 18 heavy (non-hydrogen) atoms. The van der Waals surface area contributed by atoms with Gasteiger partial charge in [0.25, 0.3) is 5.91 Å². The van der Waals surface area contributed by atoms with Crippen molar-refractivity contribution in [3.8, 4) is 0 Å². The molecule has 2 heterocycles. The van der Waals surface area contributed by atoms with Crippen LogP contribution in [0.2, 0.25) is 5.02 Å². The van der Waals surface area contributed by atoms with Crippen LogP contribution in [0.1, 0.15) is 30.1 Å². The van der Waals surface area contributed by atoms with Crippen molar-refractivity contribution in [3.05, 3.63) is 22.8 Å². The number of aromatic nitrogens is 1. The Morgan fingerprint density at radius 1 is 1.67 bits per heavy atom. The molecule has 1 saturated heterocycles. The van der Waals surface area contributed by atoms with E-state index in [0.29, 0.717) is 22.3 Å². The van der Waals surface area contributed by atoms with E-state index in [9.17, 15) is 4.79 Å². The summed E-state index contributed by atoms with van der Waals surface area (Å²) in [6, 6.07) is 1.68. The number of pyridine rings is 1. The van der Waals surface area contributed by atoms with Gasteiger partial charge in [0.1, 0.15) is 5.82 Å². The number of hydrogen-bond acceptors (Lipinski definition) is 3. The largest absolute Gasteiger partial charge is 0.372 e. The molecule has 1 aromatic rings. The number of nitrogens with zero attached hydrogens (tertiary/aromatic N) is 2. The summed E-state index contributed by atoms with van der Waals surface area (Å²) in [6.07, 6.45) is 3.80. The van der Waals surface area contributed by atoms with Crippen LogP contribution in [0.15, 0.2) is 12.3 Å². The first-order chi connectivity index (χ1) is 8.65. The number of anilines is 1. The SMILES string of the molecule is CCC1CCN(C(=O)c2cnc(NC)c(Cl)c2)C1. The van der Waals surface area contributed by atoms with Gasteiger partial charge < -0.3 is 10.2 Å². The van der Waals surface area contributed by atoms with E-state index in [0.717, 1.165) is 25.9 Å². The van der Waals surface area contributed by atoms with Gasteiger partial charge >= 0.3 is 0 Å². The van der Waals surface area contributed by atoms with Gasteiger partial charge in [0.05, 0.1) is 10.6 Å². The third-order valence-electron chi connectivity index (χ3n) is 3.48. The molecule has 0 radical (unpaired) electrons. The van der Waals surface area contributed by atoms with Gasteiger partial charge in [-0.25, -0.2) is 4.98 Å². The van der Waals surface area contributed by atoms with Gasteiger partial charge in [0.2, 0.25) is 0 Å². The van der Waals surface area contributed by atoms with E-state index in [2.05, 4.69) is 17.2 Å². The van der Waals surface area contributed by atoms with Crippen molar-refractivity contribution in [1.29, 1.82) is 0 Å². The maximum Gasteiger partial charge on any atom is 0.255 e. The van der Waals surface area contributed by atoms with Crippen molar-refractivity contribution in [3.63, 3.8) is 0 Å². The lowest BCUT2D eigenvalue weighted by atomic mass is 10.1. The second-order valence-corrected chi connectivity index (χ2v) is 5.03. The Bertz CT molecular complexity index is 450. The number of amides is 1. The van der Waals surface area contributed by atoms with Gasteiger partial charge in [-0.1, -0.05) is 24.9 Å². The van der Waals surface area contributed by atoms with E-state index in [4.69, 9.17) is 11.6 Å². The first kappa shape index (κ1) is 13.1. The molecule has 1 aromatic heterocycles. The van der Waals surface area contributed by atoms with Crippen molar-refractivity contribution in [2.75, 3.05) is 25.5 Å². The topological polar surface area (TPSA) is 45.2 Å². The maximum absolute atomic E-state index is 12.3. The van der Waals surface area contributed by atoms with Crippen molar-refractivity contribution < 1.29 is 4.79 Å². The zero-order valence-corrected chi connectivity index (χ0v) is 11.5. The van der Waals surface area contributed by atoms with Crippen LogP contribution in [-0.4, -0.2) is 35.9 Å². The third kappa shape index (κ3) is 2.58. The Hall–Kier alpha value is -1.29. The molecule has 1 aliphatic heterocycles. The Labute approximate surface area is 112 Å². The molecule has 98 valence electrons. The molecule has 1 atom stereocenters. The lowest BCUT2D eigenvalue weighted by molar-refractivity contribution is 0.0786. The van der Waals surface area contributed by atoms with Gasteiger partial charge in [-0.15, -0.1) is 0 Å². The standard InChI is InChI=1S/C13H18ClN3O/c1-3-9-4-5-17(8-9)13(18)10-6-11(14)12(15-2)16-7-10/h6-7,9H,3-5,8H2,1-2H3,(H,15,16). The summed E-state index contributed by atoms with van der Waals surface area (Å²) >= 11 is 6.04. The number of nitrogens with one attached hydrogen (secondary N) is 1. The quantitative estimate of drug-likeness (QED) is 0.916. The van der Waals surface area contributed by atoms with Crippen LogP contribution in [0.4, 0.5) is 5.82 Å². The highest BCUT2D eigenvalue weighted by Gasteiger charge is 2.26. The van der Waals surface area contributed by atoms with Crippen molar-refractivity contribution >= 4 is 23.3 Å². The molecule has 0 spiro atoms. The fourth-order valence-corrected chi connectivity index (χ4v) is 2.53.